The number of halogens is 3. The Balaban J connectivity index is 1.99. The Morgan fingerprint density at radius 2 is 2.00 bits per heavy atom. The van der Waals surface area contributed by atoms with E-state index in [9.17, 15) is 22.8 Å². The zero-order valence-electron chi connectivity index (χ0n) is 14.4. The first kappa shape index (κ1) is 19.1. The molecule has 1 heterocycles. The maximum atomic E-state index is 13.0. The highest BCUT2D eigenvalue weighted by Gasteiger charge is 2.34. The maximum absolute atomic E-state index is 13.0. The number of likely N-dealkylation sites (tertiary alicyclic amines) is 1. The molecule has 1 atom stereocenters. The number of urea groups is 1. The minimum atomic E-state index is -4.47. The van der Waals surface area contributed by atoms with Crippen molar-refractivity contribution in [2.24, 2.45) is 0 Å². The molecule has 1 aromatic rings. The fourth-order valence-electron chi connectivity index (χ4n) is 2.87. The minimum absolute atomic E-state index is 0.0268. The Bertz CT molecular complexity index is 646. The van der Waals surface area contributed by atoms with Crippen LogP contribution in [0.4, 0.5) is 18.0 Å². The molecule has 1 aliphatic heterocycles. The van der Waals surface area contributed by atoms with E-state index in [1.165, 1.54) is 30.1 Å². The highest BCUT2D eigenvalue weighted by Crippen LogP contribution is 2.32. The Labute approximate surface area is 144 Å². The van der Waals surface area contributed by atoms with Gasteiger partial charge < -0.3 is 15.1 Å². The van der Waals surface area contributed by atoms with Crippen LogP contribution in [0, 0.1) is 0 Å². The smallest absolute Gasteiger partial charge is 0.338 e. The Morgan fingerprint density at radius 1 is 1.36 bits per heavy atom. The molecule has 5 nitrogen and oxygen atoms in total. The summed E-state index contributed by atoms with van der Waals surface area (Å²) in [4.78, 5) is 27.0. The summed E-state index contributed by atoms with van der Waals surface area (Å²) in [6.07, 6.45) is -4.26. The summed E-state index contributed by atoms with van der Waals surface area (Å²) < 4.78 is 39.1. The molecule has 1 aliphatic rings. The first-order valence-electron chi connectivity index (χ1n) is 8.05. The van der Waals surface area contributed by atoms with Gasteiger partial charge in [0.15, 0.2) is 0 Å². The Kier molecular flexibility index (Phi) is 5.59. The second-order valence-corrected chi connectivity index (χ2v) is 6.50. The second kappa shape index (κ2) is 7.33. The van der Waals surface area contributed by atoms with Gasteiger partial charge >= 0.3 is 12.2 Å². The first-order valence-corrected chi connectivity index (χ1v) is 8.05. The van der Waals surface area contributed by atoms with Crippen LogP contribution < -0.4 is 5.32 Å². The number of hydrogen-bond acceptors (Lipinski definition) is 2. The molecule has 1 fully saturated rings. The number of nitrogens with one attached hydrogen (secondary N) is 1. The van der Waals surface area contributed by atoms with Crippen LogP contribution in [0.25, 0.3) is 0 Å². The molecule has 0 aliphatic carbocycles. The number of carbonyl (C=O) groups is 2. The van der Waals surface area contributed by atoms with E-state index in [1.807, 2.05) is 13.8 Å². The Morgan fingerprint density at radius 3 is 2.56 bits per heavy atom. The predicted molar refractivity (Wildman–Crippen MR) is 86.7 cm³/mol. The fraction of sp³-hybridized carbons (Fsp3) is 0.529. The summed E-state index contributed by atoms with van der Waals surface area (Å²) in [5.74, 6) is -0.0367. The van der Waals surface area contributed by atoms with Gasteiger partial charge in [-0.1, -0.05) is 18.2 Å². The van der Waals surface area contributed by atoms with E-state index in [0.29, 0.717) is 6.54 Å². The highest BCUT2D eigenvalue weighted by atomic mass is 19.4. The van der Waals surface area contributed by atoms with Crippen molar-refractivity contribution in [2.45, 2.75) is 45.1 Å². The summed E-state index contributed by atoms with van der Waals surface area (Å²) in [6, 6.07) is 4.39. The molecule has 0 saturated carbocycles. The molecule has 1 N–H and O–H groups in total. The molecule has 0 spiro atoms. The van der Waals surface area contributed by atoms with Gasteiger partial charge in [0.2, 0.25) is 5.91 Å². The molecule has 0 aromatic heterocycles. The molecular weight excluding hydrogens is 335 g/mol. The van der Waals surface area contributed by atoms with Crippen molar-refractivity contribution in [2.75, 3.05) is 13.6 Å². The number of carbonyl (C=O) groups excluding carboxylic acids is 2. The lowest BCUT2D eigenvalue weighted by Gasteiger charge is -2.24. The van der Waals surface area contributed by atoms with Crippen LogP contribution in [0.1, 0.15) is 31.4 Å². The molecule has 1 aromatic carbocycles. The molecular formula is C17H22F3N3O2. The van der Waals surface area contributed by atoms with Gasteiger partial charge in [0, 0.05) is 32.6 Å². The highest BCUT2D eigenvalue weighted by molar-refractivity contribution is 5.81. The van der Waals surface area contributed by atoms with Gasteiger partial charge in [-0.25, -0.2) is 4.79 Å². The number of hydrogen-bond donors (Lipinski definition) is 1. The van der Waals surface area contributed by atoms with Crippen LogP contribution in [0.15, 0.2) is 24.3 Å². The lowest BCUT2D eigenvalue weighted by Crippen LogP contribution is -2.44. The van der Waals surface area contributed by atoms with Gasteiger partial charge in [0.1, 0.15) is 0 Å². The third kappa shape index (κ3) is 4.64. The lowest BCUT2D eigenvalue weighted by atomic mass is 10.1. The fourth-order valence-corrected chi connectivity index (χ4v) is 2.87. The summed E-state index contributed by atoms with van der Waals surface area (Å²) in [5, 5.41) is 2.72. The van der Waals surface area contributed by atoms with Crippen molar-refractivity contribution in [3.63, 3.8) is 0 Å². The topological polar surface area (TPSA) is 52.7 Å². The number of benzene rings is 1. The number of amides is 3. The van der Waals surface area contributed by atoms with Gasteiger partial charge in [-0.15, -0.1) is 0 Å². The van der Waals surface area contributed by atoms with Crippen molar-refractivity contribution in [3.05, 3.63) is 35.4 Å². The van der Waals surface area contributed by atoms with Crippen molar-refractivity contribution in [1.82, 2.24) is 15.1 Å². The summed E-state index contributed by atoms with van der Waals surface area (Å²) >= 11 is 0. The van der Waals surface area contributed by atoms with Gasteiger partial charge in [0.25, 0.3) is 0 Å². The molecule has 1 saturated heterocycles. The van der Waals surface area contributed by atoms with Crippen LogP contribution in [0.5, 0.6) is 0 Å². The van der Waals surface area contributed by atoms with Crippen LogP contribution in [-0.4, -0.2) is 47.4 Å². The molecule has 2 rings (SSSR count). The molecule has 3 amide bonds. The normalized spacial score (nSPS) is 18.0. The van der Waals surface area contributed by atoms with E-state index < -0.39 is 17.8 Å². The van der Waals surface area contributed by atoms with E-state index >= 15 is 0 Å². The zero-order valence-corrected chi connectivity index (χ0v) is 14.4. The molecule has 0 radical (unpaired) electrons. The number of alkyl halides is 3. The van der Waals surface area contributed by atoms with Crippen molar-refractivity contribution in [3.8, 4) is 0 Å². The SMILES string of the molecule is CC(C)N1CC(NC(=O)N(C)Cc2ccccc2C(F)(F)F)CC1=O. The summed E-state index contributed by atoms with van der Waals surface area (Å²) in [7, 11) is 1.43. The zero-order chi connectivity index (χ0) is 18.8. The Hall–Kier alpha value is -2.25. The summed E-state index contributed by atoms with van der Waals surface area (Å²) in [6.45, 7) is 4.02. The quantitative estimate of drug-likeness (QED) is 0.901. The molecule has 0 bridgehead atoms. The van der Waals surface area contributed by atoms with E-state index in [-0.39, 0.29) is 36.5 Å². The molecule has 1 unspecified atom stereocenters. The first-order chi connectivity index (χ1) is 11.6. The van der Waals surface area contributed by atoms with Crippen LogP contribution in [0.3, 0.4) is 0 Å². The second-order valence-electron chi connectivity index (χ2n) is 6.50. The van der Waals surface area contributed by atoms with Crippen LogP contribution in [-0.2, 0) is 17.5 Å². The molecule has 8 heteroatoms. The average Bonchev–Trinajstić information content (AvgIpc) is 2.87. The van der Waals surface area contributed by atoms with Crippen LogP contribution >= 0.6 is 0 Å². The standard InChI is InChI=1S/C17H22F3N3O2/c1-11(2)23-10-13(8-15(23)24)21-16(25)22(3)9-12-6-4-5-7-14(12)17(18,19)20/h4-7,11,13H,8-10H2,1-3H3,(H,21,25). The van der Waals surface area contributed by atoms with Gasteiger partial charge in [-0.2, -0.15) is 13.2 Å². The van der Waals surface area contributed by atoms with Gasteiger partial charge in [0.05, 0.1) is 11.6 Å². The minimum Gasteiger partial charge on any atom is -0.338 e. The number of rotatable bonds is 4. The largest absolute Gasteiger partial charge is 0.416 e. The van der Waals surface area contributed by atoms with E-state index in [0.717, 1.165) is 6.07 Å². The van der Waals surface area contributed by atoms with Crippen molar-refractivity contribution < 1.29 is 22.8 Å². The third-order valence-electron chi connectivity index (χ3n) is 4.19. The lowest BCUT2D eigenvalue weighted by molar-refractivity contribution is -0.138. The van der Waals surface area contributed by atoms with E-state index in [2.05, 4.69) is 5.32 Å². The van der Waals surface area contributed by atoms with Crippen molar-refractivity contribution >= 4 is 11.9 Å². The number of nitrogens with zero attached hydrogens (tertiary/aromatic N) is 2. The monoisotopic (exact) mass is 357 g/mol. The van der Waals surface area contributed by atoms with Crippen LogP contribution in [0.2, 0.25) is 0 Å². The van der Waals surface area contributed by atoms with Crippen molar-refractivity contribution in [1.29, 1.82) is 0 Å². The van der Waals surface area contributed by atoms with E-state index in [4.69, 9.17) is 0 Å². The predicted octanol–water partition coefficient (Wildman–Crippen LogP) is 2.86. The summed E-state index contributed by atoms with van der Waals surface area (Å²) in [5.41, 5.74) is -0.726. The van der Waals surface area contributed by atoms with Gasteiger partial charge in [-0.3, -0.25) is 4.79 Å². The molecule has 138 valence electrons. The maximum Gasteiger partial charge on any atom is 0.416 e. The average molecular weight is 357 g/mol. The third-order valence-corrected chi connectivity index (χ3v) is 4.19. The molecule has 25 heavy (non-hydrogen) atoms. The van der Waals surface area contributed by atoms with Gasteiger partial charge in [-0.05, 0) is 25.5 Å². The van der Waals surface area contributed by atoms with E-state index in [1.54, 1.807) is 4.90 Å².